The average Bonchev–Trinajstić information content (AvgIpc) is 3.16. The number of aliphatic hydroxyl groups excluding tert-OH is 1. The lowest BCUT2D eigenvalue weighted by Gasteiger charge is -2.27. The second-order valence-electron chi connectivity index (χ2n) is 6.73. The molecule has 1 saturated heterocycles. The predicted molar refractivity (Wildman–Crippen MR) is 88.7 cm³/mol. The summed E-state index contributed by atoms with van der Waals surface area (Å²) in [7, 11) is 0. The molecule has 1 aliphatic carbocycles. The quantitative estimate of drug-likeness (QED) is 0.645. The standard InChI is InChI=1S/C18H28N2O3/c1-13-17(4-8-22-7-2-6-21)18(13)14-9-16(11-19-10-14)23-12-15-3-5-20-15/h9-11,13,15,17-18,20-21H,2-8,12H2,1H3. The minimum Gasteiger partial charge on any atom is -0.490 e. The monoisotopic (exact) mass is 320 g/mol. The number of ether oxygens (including phenoxy) is 2. The third-order valence-corrected chi connectivity index (χ3v) is 5.10. The summed E-state index contributed by atoms with van der Waals surface area (Å²) in [6.07, 6.45) is 6.78. The van der Waals surface area contributed by atoms with E-state index in [0.29, 0.717) is 30.4 Å². The van der Waals surface area contributed by atoms with Gasteiger partial charge in [0.2, 0.25) is 0 Å². The first kappa shape index (κ1) is 16.7. The van der Waals surface area contributed by atoms with Crippen molar-refractivity contribution in [2.24, 2.45) is 11.8 Å². The van der Waals surface area contributed by atoms with E-state index < -0.39 is 0 Å². The highest BCUT2D eigenvalue weighted by molar-refractivity contribution is 5.31. The highest BCUT2D eigenvalue weighted by Crippen LogP contribution is 2.55. The molecule has 5 heteroatoms. The molecular weight excluding hydrogens is 292 g/mol. The third kappa shape index (κ3) is 4.43. The molecule has 128 valence electrons. The second-order valence-corrected chi connectivity index (χ2v) is 6.73. The Labute approximate surface area is 138 Å². The van der Waals surface area contributed by atoms with Gasteiger partial charge >= 0.3 is 0 Å². The summed E-state index contributed by atoms with van der Waals surface area (Å²) in [5.74, 6) is 2.82. The first-order valence-electron chi connectivity index (χ1n) is 8.79. The number of hydrogen-bond donors (Lipinski definition) is 2. The maximum Gasteiger partial charge on any atom is 0.137 e. The van der Waals surface area contributed by atoms with Gasteiger partial charge in [-0.2, -0.15) is 0 Å². The molecule has 1 aromatic heterocycles. The zero-order valence-corrected chi connectivity index (χ0v) is 13.9. The van der Waals surface area contributed by atoms with Gasteiger partial charge < -0.3 is 19.9 Å². The molecule has 0 bridgehead atoms. The van der Waals surface area contributed by atoms with E-state index in [1.54, 1.807) is 0 Å². The maximum absolute atomic E-state index is 8.74. The molecule has 2 heterocycles. The predicted octanol–water partition coefficient (Wildman–Crippen LogP) is 1.96. The van der Waals surface area contributed by atoms with E-state index in [-0.39, 0.29) is 6.61 Å². The van der Waals surface area contributed by atoms with Crippen LogP contribution in [0.3, 0.4) is 0 Å². The minimum absolute atomic E-state index is 0.206. The fraction of sp³-hybridized carbons (Fsp3) is 0.722. The van der Waals surface area contributed by atoms with Crippen molar-refractivity contribution in [1.29, 1.82) is 0 Å². The largest absolute Gasteiger partial charge is 0.490 e. The van der Waals surface area contributed by atoms with Gasteiger partial charge in [0, 0.05) is 32.1 Å². The Bertz CT molecular complexity index is 493. The van der Waals surface area contributed by atoms with Crippen molar-refractivity contribution in [2.75, 3.05) is 33.0 Å². The molecule has 3 rings (SSSR count). The number of hydrogen-bond acceptors (Lipinski definition) is 5. The van der Waals surface area contributed by atoms with E-state index in [0.717, 1.165) is 38.3 Å². The highest BCUT2D eigenvalue weighted by Gasteiger charge is 2.47. The molecule has 0 spiro atoms. The van der Waals surface area contributed by atoms with E-state index >= 15 is 0 Å². The molecule has 2 N–H and O–H groups in total. The molecule has 1 saturated carbocycles. The summed E-state index contributed by atoms with van der Waals surface area (Å²) < 4.78 is 11.4. The van der Waals surface area contributed by atoms with Crippen LogP contribution in [0, 0.1) is 11.8 Å². The second kappa shape index (κ2) is 8.08. The van der Waals surface area contributed by atoms with E-state index in [1.165, 1.54) is 12.0 Å². The smallest absolute Gasteiger partial charge is 0.137 e. The van der Waals surface area contributed by atoms with Crippen LogP contribution in [0.1, 0.15) is 37.7 Å². The molecule has 1 aromatic rings. The summed E-state index contributed by atoms with van der Waals surface area (Å²) in [4.78, 5) is 4.35. The molecule has 4 atom stereocenters. The first-order chi connectivity index (χ1) is 11.3. The number of aromatic nitrogens is 1. The van der Waals surface area contributed by atoms with Gasteiger partial charge in [-0.3, -0.25) is 4.98 Å². The Balaban J connectivity index is 1.45. The van der Waals surface area contributed by atoms with Crippen molar-refractivity contribution in [3.63, 3.8) is 0 Å². The molecule has 1 aliphatic heterocycles. The van der Waals surface area contributed by atoms with Crippen LogP contribution in [-0.4, -0.2) is 49.1 Å². The average molecular weight is 320 g/mol. The Hall–Kier alpha value is -1.17. The van der Waals surface area contributed by atoms with E-state index in [2.05, 4.69) is 23.3 Å². The molecule has 2 fully saturated rings. The number of rotatable bonds is 10. The Morgan fingerprint density at radius 1 is 1.35 bits per heavy atom. The van der Waals surface area contributed by atoms with E-state index in [1.807, 2.05) is 12.4 Å². The van der Waals surface area contributed by atoms with Crippen LogP contribution in [-0.2, 0) is 4.74 Å². The van der Waals surface area contributed by atoms with Crippen molar-refractivity contribution in [2.45, 2.75) is 38.1 Å². The molecule has 4 unspecified atom stereocenters. The molecular formula is C18H28N2O3. The van der Waals surface area contributed by atoms with Crippen LogP contribution in [0.2, 0.25) is 0 Å². The fourth-order valence-corrected chi connectivity index (χ4v) is 3.41. The molecule has 2 aliphatic rings. The minimum atomic E-state index is 0.206. The van der Waals surface area contributed by atoms with Gasteiger partial charge in [-0.25, -0.2) is 0 Å². The first-order valence-corrected chi connectivity index (χ1v) is 8.79. The lowest BCUT2D eigenvalue weighted by atomic mass is 10.1. The fourth-order valence-electron chi connectivity index (χ4n) is 3.41. The van der Waals surface area contributed by atoms with Crippen molar-refractivity contribution < 1.29 is 14.6 Å². The van der Waals surface area contributed by atoms with Crippen LogP contribution in [0.15, 0.2) is 18.5 Å². The summed E-state index contributed by atoms with van der Waals surface area (Å²) in [6, 6.07) is 2.65. The van der Waals surface area contributed by atoms with Crippen molar-refractivity contribution in [3.05, 3.63) is 24.0 Å². The summed E-state index contributed by atoms with van der Waals surface area (Å²) in [5, 5.41) is 12.1. The molecule has 5 nitrogen and oxygen atoms in total. The summed E-state index contributed by atoms with van der Waals surface area (Å²) in [6.45, 7) is 5.78. The van der Waals surface area contributed by atoms with Gasteiger partial charge in [-0.1, -0.05) is 6.92 Å². The Kier molecular flexibility index (Phi) is 5.86. The normalized spacial score (nSPS) is 29.1. The van der Waals surface area contributed by atoms with Gasteiger partial charge in [0.05, 0.1) is 6.20 Å². The number of pyridine rings is 1. The van der Waals surface area contributed by atoms with Gasteiger partial charge in [0.1, 0.15) is 12.4 Å². The Morgan fingerprint density at radius 2 is 2.22 bits per heavy atom. The zero-order chi connectivity index (χ0) is 16.1. The number of nitrogens with one attached hydrogen (secondary N) is 1. The third-order valence-electron chi connectivity index (χ3n) is 5.10. The highest BCUT2D eigenvalue weighted by atomic mass is 16.5. The van der Waals surface area contributed by atoms with E-state index in [4.69, 9.17) is 14.6 Å². The maximum atomic E-state index is 8.74. The topological polar surface area (TPSA) is 63.6 Å². The molecule has 0 amide bonds. The van der Waals surface area contributed by atoms with Gasteiger partial charge in [0.15, 0.2) is 0 Å². The Morgan fingerprint density at radius 3 is 2.96 bits per heavy atom. The van der Waals surface area contributed by atoms with Crippen molar-refractivity contribution in [1.82, 2.24) is 10.3 Å². The molecule has 0 radical (unpaired) electrons. The van der Waals surface area contributed by atoms with Crippen molar-refractivity contribution >= 4 is 0 Å². The summed E-state index contributed by atoms with van der Waals surface area (Å²) in [5.41, 5.74) is 1.29. The van der Waals surface area contributed by atoms with E-state index in [9.17, 15) is 0 Å². The van der Waals surface area contributed by atoms with Crippen molar-refractivity contribution in [3.8, 4) is 5.75 Å². The molecule has 0 aromatic carbocycles. The van der Waals surface area contributed by atoms with Crippen LogP contribution < -0.4 is 10.1 Å². The summed E-state index contributed by atoms with van der Waals surface area (Å²) >= 11 is 0. The van der Waals surface area contributed by atoms with Gasteiger partial charge in [-0.05, 0) is 55.2 Å². The van der Waals surface area contributed by atoms with Gasteiger partial charge in [0.25, 0.3) is 0 Å². The molecule has 23 heavy (non-hydrogen) atoms. The van der Waals surface area contributed by atoms with Crippen LogP contribution in [0.4, 0.5) is 0 Å². The van der Waals surface area contributed by atoms with Gasteiger partial charge in [-0.15, -0.1) is 0 Å². The van der Waals surface area contributed by atoms with Crippen LogP contribution in [0.5, 0.6) is 5.75 Å². The lowest BCUT2D eigenvalue weighted by molar-refractivity contribution is 0.110. The van der Waals surface area contributed by atoms with Crippen LogP contribution >= 0.6 is 0 Å². The number of aliphatic hydroxyl groups is 1. The van der Waals surface area contributed by atoms with Crippen LogP contribution in [0.25, 0.3) is 0 Å². The lowest BCUT2D eigenvalue weighted by Crippen LogP contribution is -2.46. The SMILES string of the molecule is CC1C(CCOCCCO)C1c1cncc(OCC2CCN2)c1. The zero-order valence-electron chi connectivity index (χ0n) is 13.9. The number of nitrogens with zero attached hydrogens (tertiary/aromatic N) is 1.